The molecule has 2 amide bonds. The monoisotopic (exact) mass is 366 g/mol. The highest BCUT2D eigenvalue weighted by Gasteiger charge is 2.32. The lowest BCUT2D eigenvalue weighted by atomic mass is 9.89. The van der Waals surface area contributed by atoms with E-state index >= 15 is 0 Å². The van der Waals surface area contributed by atoms with Gasteiger partial charge >= 0.3 is 0 Å². The molecule has 1 aromatic heterocycles. The van der Waals surface area contributed by atoms with Crippen LogP contribution in [-0.4, -0.2) is 35.9 Å². The van der Waals surface area contributed by atoms with Crippen molar-refractivity contribution in [1.29, 1.82) is 0 Å². The molecule has 0 saturated carbocycles. The van der Waals surface area contributed by atoms with Gasteiger partial charge in [-0.15, -0.1) is 0 Å². The second-order valence-electron chi connectivity index (χ2n) is 6.89. The van der Waals surface area contributed by atoms with Gasteiger partial charge in [0.05, 0.1) is 6.04 Å². The lowest BCUT2D eigenvalue weighted by Crippen LogP contribution is -2.53. The van der Waals surface area contributed by atoms with E-state index in [1.807, 2.05) is 37.3 Å². The Kier molecular flexibility index (Phi) is 6.54. The molecule has 0 bridgehead atoms. The van der Waals surface area contributed by atoms with Gasteiger partial charge in [0.15, 0.2) is 0 Å². The van der Waals surface area contributed by atoms with E-state index in [0.717, 1.165) is 31.5 Å². The Hall–Kier alpha value is -2.73. The number of hydrogen-bond acceptors (Lipinski definition) is 4. The van der Waals surface area contributed by atoms with E-state index in [9.17, 15) is 9.59 Å². The molecule has 2 atom stereocenters. The Morgan fingerprint density at radius 3 is 2.41 bits per heavy atom. The van der Waals surface area contributed by atoms with Crippen LogP contribution < -0.4 is 16.0 Å². The lowest BCUT2D eigenvalue weighted by molar-refractivity contribution is -0.125. The van der Waals surface area contributed by atoms with Crippen LogP contribution in [0.3, 0.4) is 0 Å². The van der Waals surface area contributed by atoms with E-state index in [4.69, 9.17) is 0 Å². The van der Waals surface area contributed by atoms with Crippen LogP contribution in [-0.2, 0) is 4.79 Å². The molecule has 6 heteroatoms. The minimum Gasteiger partial charge on any atom is -0.348 e. The number of nitrogens with one attached hydrogen (secondary N) is 3. The molecular weight excluding hydrogens is 340 g/mol. The summed E-state index contributed by atoms with van der Waals surface area (Å²) >= 11 is 0. The Balaban J connectivity index is 1.72. The second kappa shape index (κ2) is 9.28. The first-order valence-electron chi connectivity index (χ1n) is 9.43. The van der Waals surface area contributed by atoms with Crippen LogP contribution >= 0.6 is 0 Å². The second-order valence-corrected chi connectivity index (χ2v) is 6.89. The number of rotatable bonds is 6. The third kappa shape index (κ3) is 5.14. The van der Waals surface area contributed by atoms with Crippen LogP contribution in [0.5, 0.6) is 0 Å². The van der Waals surface area contributed by atoms with Crippen LogP contribution in [0.4, 0.5) is 0 Å². The van der Waals surface area contributed by atoms with Crippen LogP contribution in [0.2, 0.25) is 0 Å². The van der Waals surface area contributed by atoms with Crippen molar-refractivity contribution in [3.05, 3.63) is 66.0 Å². The maximum absolute atomic E-state index is 13.0. The van der Waals surface area contributed by atoms with Gasteiger partial charge in [0.2, 0.25) is 5.91 Å². The summed E-state index contributed by atoms with van der Waals surface area (Å²) in [5.74, 6) is -0.369. The Morgan fingerprint density at radius 2 is 1.74 bits per heavy atom. The molecule has 2 heterocycles. The number of nitrogens with zero attached hydrogens (tertiary/aromatic N) is 1. The first kappa shape index (κ1) is 19.0. The molecule has 1 aromatic carbocycles. The fourth-order valence-electron chi connectivity index (χ4n) is 3.42. The van der Waals surface area contributed by atoms with Gasteiger partial charge in [-0.05, 0) is 56.5 Å². The summed E-state index contributed by atoms with van der Waals surface area (Å²) in [6, 6.07) is 14.3. The quantitative estimate of drug-likeness (QED) is 0.731. The zero-order valence-corrected chi connectivity index (χ0v) is 15.5. The summed E-state index contributed by atoms with van der Waals surface area (Å²) in [5.41, 5.74) is 1.35. The minimum atomic E-state index is -0.576. The molecule has 1 fully saturated rings. The van der Waals surface area contributed by atoms with E-state index in [1.165, 1.54) is 0 Å². The summed E-state index contributed by atoms with van der Waals surface area (Å²) < 4.78 is 0. The normalized spacial score (nSPS) is 16.9. The van der Waals surface area contributed by atoms with E-state index in [0.29, 0.717) is 5.69 Å². The summed E-state index contributed by atoms with van der Waals surface area (Å²) in [6.07, 6.45) is 3.27. The standard InChI is InChI=1S/C21H26N4O2/c1-15(16-7-3-2-4-8-16)24-21(27)19(17-10-13-22-14-11-17)25-20(26)18-9-5-6-12-23-18/h2-9,12,15,17,19,22H,10-11,13-14H2,1H3,(H,24,27)(H,25,26)/t15-,19?/m1/s1. The van der Waals surface area contributed by atoms with Gasteiger partial charge in [0, 0.05) is 6.20 Å². The predicted molar refractivity (Wildman–Crippen MR) is 104 cm³/mol. The average Bonchev–Trinajstić information content (AvgIpc) is 2.73. The van der Waals surface area contributed by atoms with Crippen molar-refractivity contribution in [2.75, 3.05) is 13.1 Å². The van der Waals surface area contributed by atoms with Gasteiger partial charge in [0.25, 0.3) is 5.91 Å². The van der Waals surface area contributed by atoms with E-state index in [2.05, 4.69) is 20.9 Å². The summed E-state index contributed by atoms with van der Waals surface area (Å²) in [6.45, 7) is 3.65. The van der Waals surface area contributed by atoms with E-state index in [1.54, 1.807) is 24.4 Å². The fraction of sp³-hybridized carbons (Fsp3) is 0.381. The number of carbonyl (C=O) groups excluding carboxylic acids is 2. The number of hydrogen-bond donors (Lipinski definition) is 3. The smallest absolute Gasteiger partial charge is 0.270 e. The van der Waals surface area contributed by atoms with Gasteiger partial charge in [-0.2, -0.15) is 0 Å². The molecular formula is C21H26N4O2. The van der Waals surface area contributed by atoms with Crippen LogP contribution in [0.1, 0.15) is 41.9 Å². The highest BCUT2D eigenvalue weighted by atomic mass is 16.2. The number of aromatic nitrogens is 1. The topological polar surface area (TPSA) is 83.1 Å². The van der Waals surface area contributed by atoms with Crippen molar-refractivity contribution in [3.63, 3.8) is 0 Å². The summed E-state index contributed by atoms with van der Waals surface area (Å²) in [5, 5.41) is 9.28. The average molecular weight is 366 g/mol. The molecule has 0 radical (unpaired) electrons. The molecule has 2 aromatic rings. The zero-order valence-electron chi connectivity index (χ0n) is 15.5. The molecule has 3 rings (SSSR count). The molecule has 3 N–H and O–H groups in total. The number of piperidine rings is 1. The molecule has 142 valence electrons. The van der Waals surface area contributed by atoms with Gasteiger partial charge in [0.1, 0.15) is 11.7 Å². The highest BCUT2D eigenvalue weighted by Crippen LogP contribution is 2.19. The third-order valence-corrected chi connectivity index (χ3v) is 4.98. The molecule has 6 nitrogen and oxygen atoms in total. The first-order valence-corrected chi connectivity index (χ1v) is 9.43. The molecule has 27 heavy (non-hydrogen) atoms. The Labute approximate surface area is 159 Å². The van der Waals surface area contributed by atoms with Gasteiger partial charge in [-0.25, -0.2) is 0 Å². The summed E-state index contributed by atoms with van der Waals surface area (Å²) in [7, 11) is 0. The van der Waals surface area contributed by atoms with Crippen LogP contribution in [0.15, 0.2) is 54.7 Å². The van der Waals surface area contributed by atoms with Crippen molar-refractivity contribution in [2.45, 2.75) is 31.8 Å². The molecule has 0 spiro atoms. The Morgan fingerprint density at radius 1 is 1.04 bits per heavy atom. The maximum atomic E-state index is 13.0. The van der Waals surface area contributed by atoms with Gasteiger partial charge in [-0.3, -0.25) is 14.6 Å². The minimum absolute atomic E-state index is 0.0990. The first-order chi connectivity index (χ1) is 13.1. The molecule has 1 aliphatic heterocycles. The van der Waals surface area contributed by atoms with Gasteiger partial charge in [-0.1, -0.05) is 36.4 Å². The SMILES string of the molecule is C[C@@H](NC(=O)C(NC(=O)c1ccccn1)C1CCNCC1)c1ccccc1. The lowest BCUT2D eigenvalue weighted by Gasteiger charge is -2.31. The number of amides is 2. The largest absolute Gasteiger partial charge is 0.348 e. The molecule has 1 aliphatic rings. The number of pyridine rings is 1. The van der Waals surface area contributed by atoms with Crippen molar-refractivity contribution in [2.24, 2.45) is 5.92 Å². The maximum Gasteiger partial charge on any atom is 0.270 e. The van der Waals surface area contributed by atoms with Crippen molar-refractivity contribution < 1.29 is 9.59 Å². The molecule has 0 aliphatic carbocycles. The van der Waals surface area contributed by atoms with Crippen molar-refractivity contribution >= 4 is 11.8 Å². The fourth-order valence-corrected chi connectivity index (χ4v) is 3.42. The van der Waals surface area contributed by atoms with E-state index in [-0.39, 0.29) is 23.8 Å². The van der Waals surface area contributed by atoms with Crippen LogP contribution in [0.25, 0.3) is 0 Å². The highest BCUT2D eigenvalue weighted by molar-refractivity contribution is 5.96. The zero-order chi connectivity index (χ0) is 19.1. The summed E-state index contributed by atoms with van der Waals surface area (Å²) in [4.78, 5) is 29.7. The number of benzene rings is 1. The van der Waals surface area contributed by atoms with Crippen LogP contribution in [0, 0.1) is 5.92 Å². The molecule has 1 saturated heterocycles. The predicted octanol–water partition coefficient (Wildman–Crippen LogP) is 2.06. The van der Waals surface area contributed by atoms with E-state index < -0.39 is 6.04 Å². The third-order valence-electron chi connectivity index (χ3n) is 4.98. The number of carbonyl (C=O) groups is 2. The Bertz CT molecular complexity index is 745. The van der Waals surface area contributed by atoms with Crippen molar-refractivity contribution in [3.8, 4) is 0 Å². The van der Waals surface area contributed by atoms with Gasteiger partial charge < -0.3 is 16.0 Å². The van der Waals surface area contributed by atoms with Crippen molar-refractivity contribution in [1.82, 2.24) is 20.9 Å². The molecule has 1 unspecified atom stereocenters.